The van der Waals surface area contributed by atoms with Gasteiger partial charge in [-0.2, -0.15) is 4.31 Å². The van der Waals surface area contributed by atoms with Crippen LogP contribution >= 0.6 is 11.3 Å². The number of methoxy groups -OCH3 is 1. The van der Waals surface area contributed by atoms with Gasteiger partial charge in [-0.25, -0.2) is 13.2 Å². The third kappa shape index (κ3) is 3.58. The second kappa shape index (κ2) is 7.89. The van der Waals surface area contributed by atoms with Crippen molar-refractivity contribution in [1.29, 1.82) is 0 Å². The summed E-state index contributed by atoms with van der Waals surface area (Å²) in [5.74, 6) is -0.740. The maximum atomic E-state index is 13.2. The van der Waals surface area contributed by atoms with E-state index in [1.807, 2.05) is 18.2 Å². The van der Waals surface area contributed by atoms with Crippen molar-refractivity contribution in [3.63, 3.8) is 0 Å². The van der Waals surface area contributed by atoms with Gasteiger partial charge in [0.2, 0.25) is 0 Å². The molecule has 1 saturated heterocycles. The van der Waals surface area contributed by atoms with Gasteiger partial charge >= 0.3 is 5.97 Å². The van der Waals surface area contributed by atoms with Crippen LogP contribution in [-0.2, 0) is 27.7 Å². The number of nitrogens with zero attached hydrogens (tertiary/aromatic N) is 2. The minimum Gasteiger partial charge on any atom is -0.465 e. The van der Waals surface area contributed by atoms with Gasteiger partial charge < -0.3 is 9.64 Å². The van der Waals surface area contributed by atoms with Crippen molar-refractivity contribution < 1.29 is 22.7 Å². The van der Waals surface area contributed by atoms with Gasteiger partial charge in [-0.1, -0.05) is 18.2 Å². The molecule has 1 amide bonds. The van der Waals surface area contributed by atoms with Crippen molar-refractivity contribution in [2.45, 2.75) is 30.0 Å². The number of hydrogen-bond acceptors (Lipinski definition) is 6. The van der Waals surface area contributed by atoms with Gasteiger partial charge in [-0.3, -0.25) is 4.79 Å². The normalized spacial score (nSPS) is 17.2. The first kappa shape index (κ1) is 20.1. The molecule has 9 heteroatoms. The van der Waals surface area contributed by atoms with Crippen LogP contribution in [0.2, 0.25) is 0 Å². The average molecular weight is 435 g/mol. The fraction of sp³-hybridized carbons (Fsp3) is 0.400. The van der Waals surface area contributed by atoms with Crippen molar-refractivity contribution in [3.05, 3.63) is 51.9 Å². The van der Waals surface area contributed by atoms with Crippen LogP contribution in [0.4, 0.5) is 0 Å². The maximum Gasteiger partial charge on any atom is 0.340 e. The molecule has 3 heterocycles. The van der Waals surface area contributed by atoms with Gasteiger partial charge in [0.1, 0.15) is 4.21 Å². The lowest BCUT2D eigenvalue weighted by Crippen LogP contribution is -2.35. The maximum absolute atomic E-state index is 13.2. The van der Waals surface area contributed by atoms with Crippen LogP contribution in [0.1, 0.15) is 44.0 Å². The van der Waals surface area contributed by atoms with Crippen LogP contribution in [-0.4, -0.2) is 56.2 Å². The first-order valence-electron chi connectivity index (χ1n) is 9.51. The van der Waals surface area contributed by atoms with Crippen LogP contribution in [0, 0.1) is 0 Å². The summed E-state index contributed by atoms with van der Waals surface area (Å²) >= 11 is 1.09. The third-order valence-corrected chi connectivity index (χ3v) is 8.97. The van der Waals surface area contributed by atoms with Gasteiger partial charge in [-0.05, 0) is 37.0 Å². The molecule has 2 aliphatic heterocycles. The predicted octanol–water partition coefficient (Wildman–Crippen LogP) is 2.52. The Morgan fingerprint density at radius 2 is 1.76 bits per heavy atom. The summed E-state index contributed by atoms with van der Waals surface area (Å²) in [6, 6.07) is 8.99. The molecule has 0 N–H and O–H groups in total. The summed E-state index contributed by atoms with van der Waals surface area (Å²) in [7, 11) is -2.50. The number of fused-ring (bicyclic) bond motifs is 1. The molecule has 1 aromatic heterocycles. The molecule has 154 valence electrons. The standard InChI is InChI=1S/C20H22N2O5S2/c1-27-19(24)17-15-9-12-21(18(23)14-7-3-2-4-8-14)13-16(15)28-20(17)29(25,26)22-10-5-6-11-22/h2-4,7-8H,5-6,9-13H2,1H3. The van der Waals surface area contributed by atoms with E-state index < -0.39 is 16.0 Å². The molecule has 0 bridgehead atoms. The van der Waals surface area contributed by atoms with Crippen LogP contribution in [0.3, 0.4) is 0 Å². The molecule has 29 heavy (non-hydrogen) atoms. The minimum atomic E-state index is -3.76. The highest BCUT2D eigenvalue weighted by Gasteiger charge is 2.38. The Morgan fingerprint density at radius 1 is 1.07 bits per heavy atom. The SMILES string of the molecule is COC(=O)c1c(S(=O)(=O)N2CCCC2)sc2c1CCN(C(=O)c1ccccc1)C2. The van der Waals surface area contributed by atoms with Crippen molar-refractivity contribution in [2.75, 3.05) is 26.7 Å². The quantitative estimate of drug-likeness (QED) is 0.691. The molecule has 2 aromatic rings. The molecule has 0 radical (unpaired) electrons. The molecule has 4 rings (SSSR count). The summed E-state index contributed by atoms with van der Waals surface area (Å²) in [5, 5.41) is 0. The fourth-order valence-corrected chi connectivity index (χ4v) is 7.41. The van der Waals surface area contributed by atoms with Crippen molar-refractivity contribution in [1.82, 2.24) is 9.21 Å². The summed E-state index contributed by atoms with van der Waals surface area (Å²) in [6.45, 7) is 1.63. The lowest BCUT2D eigenvalue weighted by Gasteiger charge is -2.27. The molecule has 0 spiro atoms. The molecule has 0 aliphatic carbocycles. The first-order valence-corrected chi connectivity index (χ1v) is 11.8. The van der Waals surface area contributed by atoms with Crippen molar-refractivity contribution >= 4 is 33.2 Å². The van der Waals surface area contributed by atoms with E-state index in [9.17, 15) is 18.0 Å². The van der Waals surface area contributed by atoms with E-state index in [0.29, 0.717) is 37.2 Å². The van der Waals surface area contributed by atoms with E-state index in [-0.39, 0.29) is 22.2 Å². The van der Waals surface area contributed by atoms with Crippen molar-refractivity contribution in [3.8, 4) is 0 Å². The van der Waals surface area contributed by atoms with E-state index in [1.165, 1.54) is 11.4 Å². The Kier molecular flexibility index (Phi) is 5.46. The number of rotatable bonds is 4. The summed E-state index contributed by atoms with van der Waals surface area (Å²) < 4.78 is 32.7. The van der Waals surface area contributed by atoms with Crippen LogP contribution in [0.5, 0.6) is 0 Å². The zero-order chi connectivity index (χ0) is 20.6. The zero-order valence-corrected chi connectivity index (χ0v) is 17.7. The highest BCUT2D eigenvalue weighted by molar-refractivity contribution is 7.91. The summed E-state index contributed by atoms with van der Waals surface area (Å²) in [6.07, 6.45) is 2.05. The number of thiophene rings is 1. The van der Waals surface area contributed by atoms with Gasteiger partial charge in [0.05, 0.1) is 19.2 Å². The fourth-order valence-electron chi connectivity index (χ4n) is 3.85. The monoisotopic (exact) mass is 434 g/mol. The van der Waals surface area contributed by atoms with E-state index in [2.05, 4.69) is 0 Å². The molecule has 0 atom stereocenters. The minimum absolute atomic E-state index is 0.0465. The Hall–Kier alpha value is -2.23. The molecule has 0 unspecified atom stereocenters. The van der Waals surface area contributed by atoms with Crippen molar-refractivity contribution in [2.24, 2.45) is 0 Å². The summed E-state index contributed by atoms with van der Waals surface area (Å²) in [5.41, 5.74) is 1.42. The number of carbonyl (C=O) groups excluding carboxylic acids is 2. The molecule has 2 aliphatic rings. The van der Waals surface area contributed by atoms with E-state index in [4.69, 9.17) is 4.74 Å². The predicted molar refractivity (Wildman–Crippen MR) is 109 cm³/mol. The second-order valence-corrected chi connectivity index (χ2v) is 10.4. The molecule has 7 nitrogen and oxygen atoms in total. The van der Waals surface area contributed by atoms with Gasteiger partial charge in [0.15, 0.2) is 0 Å². The largest absolute Gasteiger partial charge is 0.465 e. The Morgan fingerprint density at radius 3 is 2.41 bits per heavy atom. The molecular weight excluding hydrogens is 412 g/mol. The highest BCUT2D eigenvalue weighted by Crippen LogP contribution is 2.39. The number of amides is 1. The van der Waals surface area contributed by atoms with E-state index in [1.54, 1.807) is 17.0 Å². The van der Waals surface area contributed by atoms with Gasteiger partial charge in [0, 0.05) is 30.1 Å². The highest BCUT2D eigenvalue weighted by atomic mass is 32.2. The lowest BCUT2D eigenvalue weighted by atomic mass is 10.0. The number of benzene rings is 1. The Balaban J connectivity index is 1.71. The Labute approximate surface area is 173 Å². The number of sulfonamides is 1. The molecule has 0 saturated carbocycles. The average Bonchev–Trinajstić information content (AvgIpc) is 3.41. The Bertz CT molecular complexity index is 1040. The topological polar surface area (TPSA) is 84.0 Å². The molecular formula is C20H22N2O5S2. The summed E-state index contributed by atoms with van der Waals surface area (Å²) in [4.78, 5) is 27.7. The van der Waals surface area contributed by atoms with Crippen LogP contribution < -0.4 is 0 Å². The first-order chi connectivity index (χ1) is 13.9. The van der Waals surface area contributed by atoms with Crippen LogP contribution in [0.25, 0.3) is 0 Å². The van der Waals surface area contributed by atoms with E-state index in [0.717, 1.165) is 29.1 Å². The van der Waals surface area contributed by atoms with E-state index >= 15 is 0 Å². The number of carbonyl (C=O) groups is 2. The van der Waals surface area contributed by atoms with Crippen LogP contribution in [0.15, 0.2) is 34.5 Å². The lowest BCUT2D eigenvalue weighted by molar-refractivity contribution is 0.0595. The third-order valence-electron chi connectivity index (χ3n) is 5.36. The smallest absolute Gasteiger partial charge is 0.340 e. The number of hydrogen-bond donors (Lipinski definition) is 0. The second-order valence-electron chi connectivity index (χ2n) is 7.11. The van der Waals surface area contributed by atoms with Gasteiger partial charge in [-0.15, -0.1) is 11.3 Å². The molecule has 1 fully saturated rings. The number of ether oxygens (including phenoxy) is 1. The number of esters is 1. The zero-order valence-electron chi connectivity index (χ0n) is 16.1. The van der Waals surface area contributed by atoms with Gasteiger partial charge in [0.25, 0.3) is 15.9 Å². The molecule has 1 aromatic carbocycles.